The van der Waals surface area contributed by atoms with Gasteiger partial charge in [-0.15, -0.1) is 15.3 Å². The third-order valence-electron chi connectivity index (χ3n) is 7.79. The summed E-state index contributed by atoms with van der Waals surface area (Å²) >= 11 is 0. The van der Waals surface area contributed by atoms with Gasteiger partial charge in [0.15, 0.2) is 5.82 Å². The summed E-state index contributed by atoms with van der Waals surface area (Å²) in [5.74, 6) is 3.39. The Morgan fingerprint density at radius 3 is 2.65 bits per heavy atom. The van der Waals surface area contributed by atoms with E-state index in [1.165, 1.54) is 25.7 Å². The molecule has 8 heteroatoms. The Kier molecular flexibility index (Phi) is 5.53. The van der Waals surface area contributed by atoms with Crippen LogP contribution in [0.3, 0.4) is 0 Å². The van der Waals surface area contributed by atoms with Gasteiger partial charge in [0.05, 0.1) is 19.0 Å². The maximum absolute atomic E-state index is 10.7. The quantitative estimate of drug-likeness (QED) is 0.578. The van der Waals surface area contributed by atoms with Crippen molar-refractivity contribution in [3.63, 3.8) is 0 Å². The average Bonchev–Trinajstić information content (AvgIpc) is 3.32. The molecule has 4 aliphatic rings. The highest BCUT2D eigenvalue weighted by Crippen LogP contribution is 2.45. The number of phenolic OH excluding ortho intramolecular Hbond substituents is 1. The Balaban J connectivity index is 1.12. The van der Waals surface area contributed by atoms with Gasteiger partial charge >= 0.3 is 0 Å². The molecule has 3 aromatic rings. The van der Waals surface area contributed by atoms with Crippen LogP contribution in [-0.2, 0) is 0 Å². The maximum Gasteiger partial charge on any atom is 0.233 e. The fourth-order valence-corrected chi connectivity index (χ4v) is 5.80. The first-order valence-electron chi connectivity index (χ1n) is 12.2. The topological polar surface area (TPSA) is 96.3 Å². The van der Waals surface area contributed by atoms with Gasteiger partial charge in [0, 0.05) is 42.4 Å². The largest absolute Gasteiger partial charge is 0.507 e. The van der Waals surface area contributed by atoms with Gasteiger partial charge in [-0.1, -0.05) is 6.07 Å². The van der Waals surface area contributed by atoms with Gasteiger partial charge in [-0.2, -0.15) is 5.10 Å². The van der Waals surface area contributed by atoms with Crippen LogP contribution in [0.2, 0.25) is 0 Å². The van der Waals surface area contributed by atoms with Crippen molar-refractivity contribution in [2.24, 2.45) is 11.8 Å². The molecular formula is C26H30N6O2. The minimum Gasteiger partial charge on any atom is -0.507 e. The number of aromatic nitrogens is 4. The summed E-state index contributed by atoms with van der Waals surface area (Å²) in [5.41, 5.74) is 2.94. The smallest absolute Gasteiger partial charge is 0.233 e. The molecule has 7 rings (SSSR count). The molecule has 1 aromatic carbocycles. The van der Waals surface area contributed by atoms with Gasteiger partial charge in [0.2, 0.25) is 5.88 Å². The zero-order valence-corrected chi connectivity index (χ0v) is 19.4. The van der Waals surface area contributed by atoms with Crippen molar-refractivity contribution in [2.45, 2.75) is 44.2 Å². The Bertz CT molecular complexity index is 1160. The number of rotatable bonds is 6. The molecule has 0 spiro atoms. The summed E-state index contributed by atoms with van der Waals surface area (Å²) in [6.45, 7) is 1.97. The van der Waals surface area contributed by atoms with E-state index in [-0.39, 0.29) is 5.75 Å². The van der Waals surface area contributed by atoms with Crippen LogP contribution in [0.15, 0.2) is 42.6 Å². The Hall–Kier alpha value is -3.26. The second-order valence-electron chi connectivity index (χ2n) is 9.87. The van der Waals surface area contributed by atoms with Crippen molar-refractivity contribution in [1.29, 1.82) is 0 Å². The molecule has 1 aliphatic heterocycles. The first-order valence-corrected chi connectivity index (χ1v) is 12.2. The molecule has 3 saturated carbocycles. The van der Waals surface area contributed by atoms with Crippen LogP contribution < -0.4 is 15.0 Å². The molecule has 0 radical (unpaired) electrons. The van der Waals surface area contributed by atoms with Gasteiger partial charge in [-0.25, -0.2) is 0 Å². The van der Waals surface area contributed by atoms with Gasteiger partial charge in [-0.3, -0.25) is 0 Å². The number of fused-ring (bicyclic) bond motifs is 2. The zero-order chi connectivity index (χ0) is 23.1. The fraction of sp³-hybridized carbons (Fsp3) is 0.462. The lowest BCUT2D eigenvalue weighted by atomic mass is 9.62. The summed E-state index contributed by atoms with van der Waals surface area (Å²) in [7, 11) is 1.55. The van der Waals surface area contributed by atoms with Crippen molar-refractivity contribution in [1.82, 2.24) is 25.7 Å². The molecule has 3 heterocycles. The first-order chi connectivity index (χ1) is 16.7. The second kappa shape index (κ2) is 8.83. The lowest BCUT2D eigenvalue weighted by Gasteiger charge is -2.47. The normalized spacial score (nSPS) is 25.7. The number of ether oxygens (including phenoxy) is 1. The van der Waals surface area contributed by atoms with E-state index in [2.05, 4.69) is 30.6 Å². The van der Waals surface area contributed by atoms with Gasteiger partial charge in [0.1, 0.15) is 5.75 Å². The number of benzene rings is 1. The van der Waals surface area contributed by atoms with E-state index < -0.39 is 0 Å². The van der Waals surface area contributed by atoms with Gasteiger partial charge < -0.3 is 20.1 Å². The van der Waals surface area contributed by atoms with Crippen LogP contribution in [-0.4, -0.2) is 57.8 Å². The first kappa shape index (κ1) is 21.3. The Morgan fingerprint density at radius 1 is 1.00 bits per heavy atom. The molecule has 8 nitrogen and oxygen atoms in total. The molecule has 1 saturated heterocycles. The number of hydrogen-bond acceptors (Lipinski definition) is 8. The average molecular weight is 459 g/mol. The van der Waals surface area contributed by atoms with Crippen molar-refractivity contribution in [2.75, 3.05) is 25.1 Å². The molecule has 34 heavy (non-hydrogen) atoms. The highest BCUT2D eigenvalue weighted by atomic mass is 16.5. The molecular weight excluding hydrogens is 428 g/mol. The lowest BCUT2D eigenvalue weighted by Crippen LogP contribution is -2.51. The molecule has 2 unspecified atom stereocenters. The zero-order valence-electron chi connectivity index (χ0n) is 19.4. The summed E-state index contributed by atoms with van der Waals surface area (Å²) in [6.07, 6.45) is 8.39. The number of methoxy groups -OCH3 is 1. The third-order valence-corrected chi connectivity index (χ3v) is 7.79. The van der Waals surface area contributed by atoms with Crippen LogP contribution >= 0.6 is 0 Å². The molecule has 4 fully saturated rings. The maximum atomic E-state index is 10.7. The van der Waals surface area contributed by atoms with E-state index in [0.29, 0.717) is 29.2 Å². The van der Waals surface area contributed by atoms with Crippen molar-refractivity contribution >= 4 is 5.82 Å². The van der Waals surface area contributed by atoms with Crippen molar-refractivity contribution in [3.05, 3.63) is 42.6 Å². The molecule has 2 bridgehead atoms. The molecule has 2 atom stereocenters. The second-order valence-corrected chi connectivity index (χ2v) is 9.87. The lowest BCUT2D eigenvalue weighted by molar-refractivity contribution is 0.0684. The van der Waals surface area contributed by atoms with E-state index in [9.17, 15) is 5.11 Å². The van der Waals surface area contributed by atoms with Gasteiger partial charge in [0.25, 0.3) is 0 Å². The molecule has 2 aromatic heterocycles. The van der Waals surface area contributed by atoms with Crippen molar-refractivity contribution < 1.29 is 9.84 Å². The third kappa shape index (κ3) is 4.07. The van der Waals surface area contributed by atoms with Crippen LogP contribution in [0.5, 0.6) is 11.6 Å². The highest BCUT2D eigenvalue weighted by Gasteiger charge is 2.41. The monoisotopic (exact) mass is 458 g/mol. The summed E-state index contributed by atoms with van der Waals surface area (Å²) in [4.78, 5) is 2.31. The Morgan fingerprint density at radius 2 is 1.91 bits per heavy atom. The summed E-state index contributed by atoms with van der Waals surface area (Å²) in [5, 5.41) is 31.4. The summed E-state index contributed by atoms with van der Waals surface area (Å²) < 4.78 is 5.14. The molecule has 0 amide bonds. The summed E-state index contributed by atoms with van der Waals surface area (Å²) in [6, 6.07) is 12.4. The van der Waals surface area contributed by atoms with Gasteiger partial charge in [-0.05, 0) is 73.8 Å². The van der Waals surface area contributed by atoms with Crippen LogP contribution in [0.1, 0.15) is 32.1 Å². The molecule has 3 aliphatic carbocycles. The van der Waals surface area contributed by atoms with Crippen molar-refractivity contribution in [3.8, 4) is 34.0 Å². The SMILES string of the molecule is COc1cc(-c2ccc(-c3ccc(N4CCC(NC5CCC6CC5C6)C4)nn3)c(O)c2)cnn1. The van der Waals surface area contributed by atoms with E-state index >= 15 is 0 Å². The Labute approximate surface area is 199 Å². The van der Waals surface area contributed by atoms with Crippen LogP contribution in [0, 0.1) is 11.8 Å². The van der Waals surface area contributed by atoms with E-state index in [4.69, 9.17) is 4.74 Å². The number of nitrogens with zero attached hydrogens (tertiary/aromatic N) is 5. The fourth-order valence-electron chi connectivity index (χ4n) is 5.80. The number of phenols is 1. The number of nitrogens with one attached hydrogen (secondary N) is 1. The minimum absolute atomic E-state index is 0.145. The standard InChI is InChI=1S/C26H30N6O2/c1-34-26-13-19(14-27-31-26)17-3-4-21(24(33)12-17)23-6-7-25(30-29-23)32-9-8-20(15-32)28-22-5-2-16-10-18(22)11-16/h3-4,6-7,12-14,16,18,20,22,28,33H,2,5,8-11,15H2,1H3. The van der Waals surface area contributed by atoms with Crippen LogP contribution in [0.4, 0.5) is 5.82 Å². The number of hydrogen-bond donors (Lipinski definition) is 2. The van der Waals surface area contributed by atoms with E-state index in [1.807, 2.05) is 24.3 Å². The highest BCUT2D eigenvalue weighted by molar-refractivity contribution is 5.74. The van der Waals surface area contributed by atoms with Crippen LogP contribution in [0.25, 0.3) is 22.4 Å². The van der Waals surface area contributed by atoms with E-state index in [0.717, 1.165) is 48.3 Å². The molecule has 2 N–H and O–H groups in total. The predicted octanol–water partition coefficient (Wildman–Crippen LogP) is 3.67. The number of anilines is 1. The minimum atomic E-state index is 0.145. The predicted molar refractivity (Wildman–Crippen MR) is 130 cm³/mol. The molecule has 176 valence electrons. The number of aromatic hydroxyl groups is 1. The van der Waals surface area contributed by atoms with E-state index in [1.54, 1.807) is 25.4 Å².